The van der Waals surface area contributed by atoms with Gasteiger partial charge in [0.25, 0.3) is 0 Å². The highest BCUT2D eigenvalue weighted by atomic mass is 79.9. The molecule has 2 aromatic rings. The molecule has 3 rings (SSSR count). The van der Waals surface area contributed by atoms with E-state index in [1.165, 1.54) is 36.1 Å². The zero-order valence-electron chi connectivity index (χ0n) is 11.9. The summed E-state index contributed by atoms with van der Waals surface area (Å²) >= 11 is 5.14. The third kappa shape index (κ3) is 3.74. The third-order valence-corrected chi connectivity index (χ3v) is 5.69. The van der Waals surface area contributed by atoms with Gasteiger partial charge in [0.2, 0.25) is 0 Å². The van der Waals surface area contributed by atoms with Crippen molar-refractivity contribution in [3.05, 3.63) is 56.4 Å². The van der Waals surface area contributed by atoms with Crippen molar-refractivity contribution in [3.8, 4) is 0 Å². The zero-order valence-corrected chi connectivity index (χ0v) is 14.3. The van der Waals surface area contributed by atoms with Crippen molar-refractivity contribution in [3.63, 3.8) is 0 Å². The Morgan fingerprint density at radius 1 is 1.24 bits per heavy atom. The molecule has 1 fully saturated rings. The van der Waals surface area contributed by atoms with Gasteiger partial charge in [-0.15, -0.1) is 11.3 Å². The first-order valence-corrected chi connectivity index (χ1v) is 9.12. The molecule has 0 saturated carbocycles. The second-order valence-electron chi connectivity index (χ2n) is 5.60. The molecule has 0 unspecified atom stereocenters. The summed E-state index contributed by atoms with van der Waals surface area (Å²) in [5, 5.41) is 2.16. The van der Waals surface area contributed by atoms with Crippen LogP contribution in [0.3, 0.4) is 0 Å². The van der Waals surface area contributed by atoms with Crippen LogP contribution in [-0.2, 0) is 6.54 Å². The summed E-state index contributed by atoms with van der Waals surface area (Å²) in [5.41, 5.74) is 1.17. The second kappa shape index (κ2) is 7.03. The highest BCUT2D eigenvalue weighted by Gasteiger charge is 2.23. The van der Waals surface area contributed by atoms with Crippen molar-refractivity contribution in [1.29, 1.82) is 0 Å². The van der Waals surface area contributed by atoms with E-state index in [1.807, 2.05) is 23.5 Å². The Labute approximate surface area is 137 Å². The Morgan fingerprint density at radius 3 is 2.90 bits per heavy atom. The van der Waals surface area contributed by atoms with Gasteiger partial charge in [0.05, 0.1) is 4.47 Å². The van der Waals surface area contributed by atoms with Gasteiger partial charge in [-0.2, -0.15) is 0 Å². The first kappa shape index (κ1) is 15.2. The zero-order chi connectivity index (χ0) is 14.7. The van der Waals surface area contributed by atoms with Gasteiger partial charge in [0, 0.05) is 17.5 Å². The van der Waals surface area contributed by atoms with Crippen molar-refractivity contribution in [2.75, 3.05) is 6.54 Å². The van der Waals surface area contributed by atoms with Crippen molar-refractivity contribution < 1.29 is 4.39 Å². The molecule has 0 bridgehead atoms. The van der Waals surface area contributed by atoms with Crippen LogP contribution in [-0.4, -0.2) is 11.4 Å². The molecular weight excluding hydrogens is 349 g/mol. The summed E-state index contributed by atoms with van der Waals surface area (Å²) in [6.45, 7) is 2.01. The van der Waals surface area contributed by atoms with Crippen LogP contribution < -0.4 is 0 Å². The molecule has 0 amide bonds. The number of nitrogens with zero attached hydrogens (tertiary/aromatic N) is 1. The van der Waals surface area contributed by atoms with E-state index in [-0.39, 0.29) is 5.82 Å². The molecular formula is C17H19BrFNS. The predicted octanol–water partition coefficient (Wildman–Crippen LogP) is 5.77. The van der Waals surface area contributed by atoms with Gasteiger partial charge in [0.15, 0.2) is 0 Å². The Morgan fingerprint density at radius 2 is 2.14 bits per heavy atom. The fourth-order valence-electron chi connectivity index (χ4n) is 3.03. The van der Waals surface area contributed by atoms with Gasteiger partial charge < -0.3 is 0 Å². The van der Waals surface area contributed by atoms with Gasteiger partial charge >= 0.3 is 0 Å². The van der Waals surface area contributed by atoms with Crippen LogP contribution in [0, 0.1) is 5.82 Å². The van der Waals surface area contributed by atoms with Gasteiger partial charge in [-0.3, -0.25) is 4.90 Å². The number of rotatable bonds is 3. The van der Waals surface area contributed by atoms with Gasteiger partial charge in [0.1, 0.15) is 5.82 Å². The largest absolute Gasteiger partial charge is 0.291 e. The first-order chi connectivity index (χ1) is 10.2. The molecule has 21 heavy (non-hydrogen) atoms. The minimum atomic E-state index is -0.190. The van der Waals surface area contributed by atoms with E-state index in [9.17, 15) is 4.39 Å². The summed E-state index contributed by atoms with van der Waals surface area (Å²) in [7, 11) is 0. The van der Waals surface area contributed by atoms with Crippen LogP contribution in [0.2, 0.25) is 0 Å². The minimum Gasteiger partial charge on any atom is -0.291 e. The molecule has 1 aliphatic heterocycles. The number of benzene rings is 1. The summed E-state index contributed by atoms with van der Waals surface area (Å²) in [6.07, 6.45) is 5.09. The number of likely N-dealkylation sites (tertiary alicyclic amines) is 1. The van der Waals surface area contributed by atoms with Crippen LogP contribution in [0.5, 0.6) is 0 Å². The normalized spacial score (nSPS) is 20.4. The highest BCUT2D eigenvalue weighted by Crippen LogP contribution is 2.34. The molecule has 1 nitrogen and oxygen atoms in total. The van der Waals surface area contributed by atoms with Crippen LogP contribution in [0.25, 0.3) is 0 Å². The lowest BCUT2D eigenvalue weighted by molar-refractivity contribution is 0.195. The molecule has 4 heteroatoms. The van der Waals surface area contributed by atoms with E-state index < -0.39 is 0 Å². The van der Waals surface area contributed by atoms with Crippen molar-refractivity contribution in [2.45, 2.75) is 38.3 Å². The highest BCUT2D eigenvalue weighted by molar-refractivity contribution is 9.10. The van der Waals surface area contributed by atoms with Gasteiger partial charge in [-0.1, -0.05) is 25.0 Å². The Bertz CT molecular complexity index is 584. The van der Waals surface area contributed by atoms with Gasteiger partial charge in [-0.05, 0) is 64.5 Å². The number of hydrogen-bond donors (Lipinski definition) is 0. The summed E-state index contributed by atoms with van der Waals surface area (Å²) in [6, 6.07) is 10.3. The maximum absolute atomic E-state index is 13.4. The molecule has 0 spiro atoms. The second-order valence-corrected chi connectivity index (χ2v) is 7.43. The molecule has 112 valence electrons. The molecule has 1 saturated heterocycles. The molecule has 0 radical (unpaired) electrons. The molecule has 1 aromatic carbocycles. The summed E-state index contributed by atoms with van der Waals surface area (Å²) in [5.74, 6) is -0.190. The molecule has 1 aliphatic rings. The lowest BCUT2D eigenvalue weighted by atomic mass is 10.1. The topological polar surface area (TPSA) is 3.24 Å². The predicted molar refractivity (Wildman–Crippen MR) is 90.0 cm³/mol. The van der Waals surface area contributed by atoms with E-state index in [1.54, 1.807) is 6.07 Å². The molecule has 2 heterocycles. The van der Waals surface area contributed by atoms with E-state index in [0.29, 0.717) is 10.5 Å². The lowest BCUT2D eigenvalue weighted by Crippen LogP contribution is -2.27. The lowest BCUT2D eigenvalue weighted by Gasteiger charge is -2.29. The van der Waals surface area contributed by atoms with Crippen molar-refractivity contribution in [1.82, 2.24) is 4.90 Å². The fraction of sp³-hybridized carbons (Fsp3) is 0.412. The van der Waals surface area contributed by atoms with Crippen LogP contribution in [0.15, 0.2) is 40.2 Å². The monoisotopic (exact) mass is 367 g/mol. The third-order valence-electron chi connectivity index (χ3n) is 4.10. The standard InChI is InChI=1S/C17H19BrFNS/c18-14-11-13(7-8-15(14)19)12-20-9-3-1-2-5-16(20)17-6-4-10-21-17/h4,6-8,10-11,16H,1-3,5,9,12H2/t16-/m1/s1. The number of thiophene rings is 1. The van der Waals surface area contributed by atoms with Crippen LogP contribution in [0.1, 0.15) is 42.2 Å². The van der Waals surface area contributed by atoms with Crippen molar-refractivity contribution >= 4 is 27.3 Å². The number of halogens is 2. The molecule has 0 N–H and O–H groups in total. The summed E-state index contributed by atoms with van der Waals surface area (Å²) in [4.78, 5) is 4.01. The number of hydrogen-bond acceptors (Lipinski definition) is 2. The maximum Gasteiger partial charge on any atom is 0.137 e. The van der Waals surface area contributed by atoms with Gasteiger partial charge in [-0.25, -0.2) is 4.39 Å². The molecule has 1 atom stereocenters. The van der Waals surface area contributed by atoms with Crippen molar-refractivity contribution in [2.24, 2.45) is 0 Å². The fourth-order valence-corrected chi connectivity index (χ4v) is 4.35. The quantitative estimate of drug-likeness (QED) is 0.665. The SMILES string of the molecule is Fc1ccc(CN2CCCCC[C@@H]2c2cccs2)cc1Br. The molecule has 1 aromatic heterocycles. The van der Waals surface area contributed by atoms with E-state index in [0.717, 1.165) is 13.1 Å². The smallest absolute Gasteiger partial charge is 0.137 e. The van der Waals surface area contributed by atoms with Crippen LogP contribution in [0.4, 0.5) is 4.39 Å². The van der Waals surface area contributed by atoms with E-state index in [4.69, 9.17) is 0 Å². The Hall–Kier alpha value is -0.710. The van der Waals surface area contributed by atoms with Crippen LogP contribution >= 0.6 is 27.3 Å². The average Bonchev–Trinajstić information content (AvgIpc) is 2.91. The average molecular weight is 368 g/mol. The van der Waals surface area contributed by atoms with E-state index >= 15 is 0 Å². The van der Waals surface area contributed by atoms with E-state index in [2.05, 4.69) is 38.3 Å². The Balaban J connectivity index is 1.81. The summed E-state index contributed by atoms with van der Waals surface area (Å²) < 4.78 is 13.9. The maximum atomic E-state index is 13.4. The minimum absolute atomic E-state index is 0.190. The first-order valence-electron chi connectivity index (χ1n) is 7.45. The molecule has 0 aliphatic carbocycles. The Kier molecular flexibility index (Phi) is 5.09.